The zero-order valence-corrected chi connectivity index (χ0v) is 19.6. The van der Waals surface area contributed by atoms with Crippen LogP contribution in [0.4, 0.5) is 0 Å². The van der Waals surface area contributed by atoms with Crippen LogP contribution in [-0.4, -0.2) is 6.61 Å². The maximum Gasteiger partial charge on any atom is 0.0716 e. The first-order valence-electron chi connectivity index (χ1n) is 12.3. The van der Waals surface area contributed by atoms with E-state index in [-0.39, 0.29) is 0 Å². The maximum absolute atomic E-state index is 5.64. The Bertz CT molecular complexity index is 972. The summed E-state index contributed by atoms with van der Waals surface area (Å²) in [6.45, 7) is 5.79. The van der Waals surface area contributed by atoms with E-state index in [2.05, 4.69) is 98.8 Å². The highest BCUT2D eigenvalue weighted by molar-refractivity contribution is 5.70. The summed E-state index contributed by atoms with van der Waals surface area (Å²) in [4.78, 5) is 0. The molecule has 0 atom stereocenters. The second-order valence-electron chi connectivity index (χ2n) is 9.09. The van der Waals surface area contributed by atoms with Gasteiger partial charge in [0.25, 0.3) is 0 Å². The van der Waals surface area contributed by atoms with Crippen molar-refractivity contribution >= 4 is 0 Å². The van der Waals surface area contributed by atoms with Crippen LogP contribution < -0.4 is 0 Å². The van der Waals surface area contributed by atoms with Gasteiger partial charge in [-0.2, -0.15) is 0 Å². The Morgan fingerprint density at radius 3 is 1.72 bits per heavy atom. The van der Waals surface area contributed by atoms with Gasteiger partial charge in [0.1, 0.15) is 0 Å². The normalized spacial score (nSPS) is 18.8. The Kier molecular flexibility index (Phi) is 7.96. The molecule has 4 rings (SSSR count). The summed E-state index contributed by atoms with van der Waals surface area (Å²) < 4.78 is 5.64. The minimum absolute atomic E-state index is 0.695. The summed E-state index contributed by atoms with van der Waals surface area (Å²) >= 11 is 0. The number of ether oxygens (including phenoxy) is 1. The number of benzene rings is 3. The molecular weight excluding hydrogens is 388 g/mol. The predicted molar refractivity (Wildman–Crippen MR) is 137 cm³/mol. The quantitative estimate of drug-likeness (QED) is 0.259. The summed E-state index contributed by atoms with van der Waals surface area (Å²) in [5.41, 5.74) is 7.82. The molecule has 0 amide bonds. The predicted octanol–water partition coefficient (Wildman–Crippen LogP) is 8.80. The molecule has 32 heavy (non-hydrogen) atoms. The highest BCUT2D eigenvalue weighted by atomic mass is 16.5. The summed E-state index contributed by atoms with van der Waals surface area (Å²) in [7, 11) is 0. The third-order valence-electron chi connectivity index (χ3n) is 6.74. The Morgan fingerprint density at radius 1 is 0.719 bits per heavy atom. The van der Waals surface area contributed by atoms with Crippen LogP contribution in [0, 0.1) is 5.92 Å². The van der Waals surface area contributed by atoms with Gasteiger partial charge in [-0.1, -0.05) is 91.9 Å². The van der Waals surface area contributed by atoms with E-state index in [0.717, 1.165) is 24.9 Å². The second-order valence-corrected chi connectivity index (χ2v) is 9.09. The first kappa shape index (κ1) is 22.6. The number of hydrogen-bond acceptors (Lipinski definition) is 1. The molecule has 3 aromatic carbocycles. The molecule has 1 aliphatic rings. The van der Waals surface area contributed by atoms with E-state index >= 15 is 0 Å². The number of hydrogen-bond donors (Lipinski definition) is 0. The van der Waals surface area contributed by atoms with Crippen molar-refractivity contribution in [1.82, 2.24) is 0 Å². The molecule has 0 unspecified atom stereocenters. The smallest absolute Gasteiger partial charge is 0.0716 e. The van der Waals surface area contributed by atoms with Crippen LogP contribution in [0.5, 0.6) is 0 Å². The Labute approximate surface area is 194 Å². The highest BCUT2D eigenvalue weighted by Crippen LogP contribution is 2.37. The Morgan fingerprint density at radius 2 is 1.22 bits per heavy atom. The van der Waals surface area contributed by atoms with E-state index in [1.54, 1.807) is 0 Å². The van der Waals surface area contributed by atoms with E-state index in [0.29, 0.717) is 6.61 Å². The monoisotopic (exact) mass is 424 g/mol. The van der Waals surface area contributed by atoms with Gasteiger partial charge in [0, 0.05) is 6.61 Å². The molecule has 0 N–H and O–H groups in total. The van der Waals surface area contributed by atoms with Crippen molar-refractivity contribution in [2.24, 2.45) is 5.92 Å². The largest absolute Gasteiger partial charge is 0.377 e. The molecule has 1 saturated carbocycles. The topological polar surface area (TPSA) is 9.23 Å². The average Bonchev–Trinajstić information content (AvgIpc) is 2.86. The van der Waals surface area contributed by atoms with Crippen molar-refractivity contribution in [3.05, 3.63) is 96.1 Å². The third-order valence-corrected chi connectivity index (χ3v) is 6.74. The fraction of sp³-hybridized carbons (Fsp3) is 0.355. The first-order chi connectivity index (χ1) is 15.8. The molecule has 1 aliphatic carbocycles. The van der Waals surface area contributed by atoms with Gasteiger partial charge in [-0.05, 0) is 84.2 Å². The molecule has 166 valence electrons. The van der Waals surface area contributed by atoms with Crippen LogP contribution in [0.2, 0.25) is 0 Å². The fourth-order valence-corrected chi connectivity index (χ4v) is 4.85. The van der Waals surface area contributed by atoms with Crippen LogP contribution in [0.1, 0.15) is 63.0 Å². The van der Waals surface area contributed by atoms with Gasteiger partial charge in [-0.15, -0.1) is 0 Å². The van der Waals surface area contributed by atoms with E-state index in [1.807, 2.05) is 0 Å². The highest BCUT2D eigenvalue weighted by Gasteiger charge is 2.20. The van der Waals surface area contributed by atoms with Gasteiger partial charge in [0.05, 0.1) is 6.61 Å². The average molecular weight is 425 g/mol. The van der Waals surface area contributed by atoms with E-state index in [1.165, 1.54) is 59.1 Å². The molecule has 0 bridgehead atoms. The molecule has 3 aromatic rings. The second kappa shape index (κ2) is 11.3. The van der Waals surface area contributed by atoms with Gasteiger partial charge in [0.2, 0.25) is 0 Å². The molecule has 0 aromatic heterocycles. The molecule has 0 spiro atoms. The van der Waals surface area contributed by atoms with Crippen LogP contribution in [-0.2, 0) is 11.3 Å². The minimum Gasteiger partial charge on any atom is -0.377 e. The van der Waals surface area contributed by atoms with Crippen LogP contribution in [0.25, 0.3) is 22.3 Å². The SMILES string of the molecule is C/C=C/C1CCC(c2ccc(-c3ccc(-c4ccc(COCCC)cc4)cc3)cc2)CC1. The van der Waals surface area contributed by atoms with Gasteiger partial charge in [-0.3, -0.25) is 0 Å². The first-order valence-corrected chi connectivity index (χ1v) is 12.3. The van der Waals surface area contributed by atoms with Crippen LogP contribution >= 0.6 is 0 Å². The zero-order valence-electron chi connectivity index (χ0n) is 19.6. The van der Waals surface area contributed by atoms with Crippen molar-refractivity contribution in [3.63, 3.8) is 0 Å². The van der Waals surface area contributed by atoms with Gasteiger partial charge >= 0.3 is 0 Å². The van der Waals surface area contributed by atoms with E-state index in [9.17, 15) is 0 Å². The minimum atomic E-state index is 0.695. The molecule has 1 nitrogen and oxygen atoms in total. The van der Waals surface area contributed by atoms with Crippen molar-refractivity contribution in [1.29, 1.82) is 0 Å². The standard InChI is InChI=1S/C31H36O/c1-3-5-24-6-10-26(11-7-24)28-14-18-30(19-15-28)31-20-16-29(17-21-31)27-12-8-25(9-13-27)23-32-22-4-2/h3,5,8-9,12-21,24,26H,4,6-7,10-11,22-23H2,1-2H3/b5-3+. The van der Waals surface area contributed by atoms with Crippen LogP contribution in [0.3, 0.4) is 0 Å². The summed E-state index contributed by atoms with van der Waals surface area (Å²) in [6, 6.07) is 27.0. The molecule has 0 saturated heterocycles. The molecule has 0 heterocycles. The molecule has 1 heteroatoms. The van der Waals surface area contributed by atoms with E-state index in [4.69, 9.17) is 4.74 Å². The van der Waals surface area contributed by atoms with Crippen molar-refractivity contribution in [3.8, 4) is 22.3 Å². The third kappa shape index (κ3) is 5.78. The van der Waals surface area contributed by atoms with Crippen molar-refractivity contribution in [2.75, 3.05) is 6.61 Å². The summed E-state index contributed by atoms with van der Waals surface area (Å²) in [6.07, 6.45) is 10.9. The molecule has 0 radical (unpaired) electrons. The maximum atomic E-state index is 5.64. The lowest BCUT2D eigenvalue weighted by molar-refractivity contribution is 0.121. The number of rotatable bonds is 8. The lowest BCUT2D eigenvalue weighted by Crippen LogP contribution is -2.11. The van der Waals surface area contributed by atoms with E-state index < -0.39 is 0 Å². The van der Waals surface area contributed by atoms with Crippen LogP contribution in [0.15, 0.2) is 84.9 Å². The lowest BCUT2D eigenvalue weighted by Gasteiger charge is -2.27. The van der Waals surface area contributed by atoms with Crippen molar-refractivity contribution in [2.45, 2.75) is 58.5 Å². The molecular formula is C31H36O. The zero-order chi connectivity index (χ0) is 22.2. The Balaban J connectivity index is 1.38. The number of allylic oxidation sites excluding steroid dienone is 2. The fourth-order valence-electron chi connectivity index (χ4n) is 4.85. The van der Waals surface area contributed by atoms with Gasteiger partial charge < -0.3 is 4.74 Å². The van der Waals surface area contributed by atoms with Gasteiger partial charge in [-0.25, -0.2) is 0 Å². The summed E-state index contributed by atoms with van der Waals surface area (Å²) in [5.74, 6) is 1.52. The summed E-state index contributed by atoms with van der Waals surface area (Å²) in [5, 5.41) is 0. The molecule has 0 aliphatic heterocycles. The lowest BCUT2D eigenvalue weighted by atomic mass is 9.78. The van der Waals surface area contributed by atoms with Crippen molar-refractivity contribution < 1.29 is 4.74 Å². The van der Waals surface area contributed by atoms with Gasteiger partial charge in [0.15, 0.2) is 0 Å². The Hall–Kier alpha value is -2.64. The molecule has 1 fully saturated rings.